The van der Waals surface area contributed by atoms with E-state index in [1.165, 1.54) is 17.2 Å². The Morgan fingerprint density at radius 3 is 2.30 bits per heavy atom. The van der Waals surface area contributed by atoms with Gasteiger partial charge in [-0.05, 0) is 42.8 Å². The fourth-order valence-electron chi connectivity index (χ4n) is 4.35. The molecule has 3 atom stereocenters. The zero-order chi connectivity index (χ0) is 23.3. The number of amides is 2. The highest BCUT2D eigenvalue weighted by atomic mass is 35.5. The summed E-state index contributed by atoms with van der Waals surface area (Å²) in [6, 6.07) is 19.7. The van der Waals surface area contributed by atoms with Gasteiger partial charge in [0.1, 0.15) is 10.9 Å². The van der Waals surface area contributed by atoms with Crippen LogP contribution in [0.3, 0.4) is 0 Å². The lowest BCUT2D eigenvalue weighted by molar-refractivity contribution is -0.384. The first-order chi connectivity index (χ1) is 15.9. The van der Waals surface area contributed by atoms with Gasteiger partial charge in [0.15, 0.2) is 6.10 Å². The summed E-state index contributed by atoms with van der Waals surface area (Å²) >= 11 is 6.01. The Bertz CT molecular complexity index is 1260. The molecule has 33 heavy (non-hydrogen) atoms. The largest absolute Gasteiger partial charge is 0.288 e. The minimum Gasteiger partial charge on any atom is -0.273 e. The maximum atomic E-state index is 13.6. The third-order valence-corrected chi connectivity index (χ3v) is 6.25. The van der Waals surface area contributed by atoms with Crippen molar-refractivity contribution >= 4 is 40.5 Å². The molecule has 0 bridgehead atoms. The number of nitrogens with zero attached hydrogens (tertiary/aromatic N) is 3. The number of anilines is 2. The van der Waals surface area contributed by atoms with Gasteiger partial charge in [0.05, 0.1) is 22.3 Å². The molecular weight excluding hydrogens is 446 g/mol. The normalized spacial score (nSPS) is 22.1. The molecule has 9 heteroatoms. The van der Waals surface area contributed by atoms with E-state index in [4.69, 9.17) is 16.4 Å². The highest BCUT2D eigenvalue weighted by Gasteiger charge is 2.60. The summed E-state index contributed by atoms with van der Waals surface area (Å²) in [5.41, 5.74) is 2.25. The number of carbonyl (C=O) groups is 2. The number of benzene rings is 3. The average molecular weight is 464 g/mol. The summed E-state index contributed by atoms with van der Waals surface area (Å²) in [4.78, 5) is 45.0. The first kappa shape index (κ1) is 21.1. The molecule has 0 unspecified atom stereocenters. The van der Waals surface area contributed by atoms with Crippen molar-refractivity contribution in [3.63, 3.8) is 0 Å². The molecule has 166 valence electrons. The molecule has 0 N–H and O–H groups in total. The van der Waals surface area contributed by atoms with Gasteiger partial charge in [-0.3, -0.25) is 24.5 Å². The number of carbonyl (C=O) groups excluding carboxylic acids is 2. The highest BCUT2D eigenvalue weighted by molar-refractivity contribution is 6.32. The van der Waals surface area contributed by atoms with Crippen molar-refractivity contribution in [2.75, 3.05) is 9.96 Å². The minimum absolute atomic E-state index is 0.0133. The maximum Gasteiger partial charge on any atom is 0.288 e. The van der Waals surface area contributed by atoms with Gasteiger partial charge in [0, 0.05) is 6.07 Å². The summed E-state index contributed by atoms with van der Waals surface area (Å²) in [5.74, 6) is -1.78. The van der Waals surface area contributed by atoms with E-state index >= 15 is 0 Å². The van der Waals surface area contributed by atoms with Crippen molar-refractivity contribution in [2.24, 2.45) is 5.92 Å². The molecule has 2 aliphatic heterocycles. The van der Waals surface area contributed by atoms with Gasteiger partial charge in [-0.2, -0.15) is 0 Å². The van der Waals surface area contributed by atoms with Crippen molar-refractivity contribution in [1.82, 2.24) is 0 Å². The second kappa shape index (κ2) is 7.99. The van der Waals surface area contributed by atoms with Gasteiger partial charge >= 0.3 is 0 Å². The van der Waals surface area contributed by atoms with Crippen LogP contribution in [-0.2, 0) is 14.4 Å². The Morgan fingerprint density at radius 1 is 0.939 bits per heavy atom. The summed E-state index contributed by atoms with van der Waals surface area (Å²) in [5, 5.41) is 13.0. The molecule has 2 fully saturated rings. The van der Waals surface area contributed by atoms with Gasteiger partial charge in [0.25, 0.3) is 11.6 Å². The van der Waals surface area contributed by atoms with E-state index in [2.05, 4.69) is 0 Å². The zero-order valence-electron chi connectivity index (χ0n) is 17.4. The van der Waals surface area contributed by atoms with Crippen LogP contribution < -0.4 is 9.96 Å². The molecule has 2 aliphatic rings. The predicted molar refractivity (Wildman–Crippen MR) is 122 cm³/mol. The van der Waals surface area contributed by atoms with Crippen LogP contribution in [-0.4, -0.2) is 22.8 Å². The number of rotatable bonds is 4. The van der Waals surface area contributed by atoms with Crippen molar-refractivity contribution < 1.29 is 19.3 Å². The Labute approximate surface area is 194 Å². The number of aryl methyl sites for hydroxylation is 1. The second-order valence-corrected chi connectivity index (χ2v) is 8.38. The molecule has 3 aromatic carbocycles. The SMILES string of the molecule is Cc1ccc(N2C(=O)[C@@H]3[C@H](ON(c4ccccc4)[C@@H]3c3ccc(Cl)c([N+](=O)[O-])c3)C2=O)cc1. The number of fused-ring (bicyclic) bond motifs is 1. The van der Waals surface area contributed by atoms with Crippen LogP contribution in [0.25, 0.3) is 0 Å². The molecule has 0 saturated carbocycles. The molecular formula is C24H18ClN3O5. The Morgan fingerprint density at radius 2 is 1.64 bits per heavy atom. The first-order valence-electron chi connectivity index (χ1n) is 10.3. The van der Waals surface area contributed by atoms with E-state index < -0.39 is 34.8 Å². The molecule has 0 radical (unpaired) electrons. The smallest absolute Gasteiger partial charge is 0.273 e. The van der Waals surface area contributed by atoms with Crippen LogP contribution in [0.4, 0.5) is 17.1 Å². The summed E-state index contributed by atoms with van der Waals surface area (Å²) in [6.45, 7) is 1.91. The number of imide groups is 1. The average Bonchev–Trinajstić information content (AvgIpc) is 3.31. The third-order valence-electron chi connectivity index (χ3n) is 5.93. The fraction of sp³-hybridized carbons (Fsp3) is 0.167. The van der Waals surface area contributed by atoms with Crippen LogP contribution >= 0.6 is 11.6 Å². The highest BCUT2D eigenvalue weighted by Crippen LogP contribution is 2.48. The Hall–Kier alpha value is -3.75. The summed E-state index contributed by atoms with van der Waals surface area (Å²) in [6.07, 6.45) is -1.06. The van der Waals surface area contributed by atoms with E-state index in [9.17, 15) is 19.7 Å². The monoisotopic (exact) mass is 463 g/mol. The standard InChI is InChI=1S/C24H18ClN3O5/c1-14-7-10-16(11-8-14)26-23(29)20-21(15-9-12-18(25)19(13-15)28(31)32)27(33-22(20)24(26)30)17-5-3-2-4-6-17/h2-13,20-22H,1H3/t20-,21+,22-/m0/s1. The van der Waals surface area contributed by atoms with Crippen molar-refractivity contribution in [3.8, 4) is 0 Å². The molecule has 0 aliphatic carbocycles. The minimum atomic E-state index is -1.06. The lowest BCUT2D eigenvalue weighted by Crippen LogP contribution is -2.37. The van der Waals surface area contributed by atoms with Gasteiger partial charge < -0.3 is 0 Å². The van der Waals surface area contributed by atoms with Crippen molar-refractivity contribution in [3.05, 3.63) is 99.1 Å². The first-order valence-corrected chi connectivity index (χ1v) is 10.6. The Kier molecular flexibility index (Phi) is 5.11. The number of nitro groups is 1. The zero-order valence-corrected chi connectivity index (χ0v) is 18.2. The van der Waals surface area contributed by atoms with Gasteiger partial charge in [-0.15, -0.1) is 0 Å². The van der Waals surface area contributed by atoms with Gasteiger partial charge in [0.2, 0.25) is 5.91 Å². The van der Waals surface area contributed by atoms with Crippen molar-refractivity contribution in [1.29, 1.82) is 0 Å². The molecule has 3 aromatic rings. The fourth-order valence-corrected chi connectivity index (χ4v) is 4.54. The topological polar surface area (TPSA) is 93.0 Å². The number of hydroxylamine groups is 1. The number of para-hydroxylation sites is 1. The molecule has 2 heterocycles. The molecule has 5 rings (SSSR count). The number of hydrogen-bond acceptors (Lipinski definition) is 6. The summed E-state index contributed by atoms with van der Waals surface area (Å²) in [7, 11) is 0. The van der Waals surface area contributed by atoms with Crippen LogP contribution in [0.15, 0.2) is 72.8 Å². The summed E-state index contributed by atoms with van der Waals surface area (Å²) < 4.78 is 0. The molecule has 0 spiro atoms. The molecule has 2 amide bonds. The molecule has 8 nitrogen and oxygen atoms in total. The Balaban J connectivity index is 1.61. The van der Waals surface area contributed by atoms with Gasteiger partial charge in [-0.1, -0.05) is 53.6 Å². The van der Waals surface area contributed by atoms with Crippen LogP contribution in [0.5, 0.6) is 0 Å². The van der Waals surface area contributed by atoms with Crippen LogP contribution in [0, 0.1) is 23.0 Å². The van der Waals surface area contributed by atoms with E-state index in [1.54, 1.807) is 42.5 Å². The van der Waals surface area contributed by atoms with E-state index in [0.29, 0.717) is 16.9 Å². The van der Waals surface area contributed by atoms with Crippen molar-refractivity contribution in [2.45, 2.75) is 19.1 Å². The lowest BCUT2D eigenvalue weighted by Gasteiger charge is -2.28. The van der Waals surface area contributed by atoms with E-state index in [1.807, 2.05) is 25.1 Å². The van der Waals surface area contributed by atoms with E-state index in [0.717, 1.165) is 10.5 Å². The number of halogens is 1. The van der Waals surface area contributed by atoms with E-state index in [-0.39, 0.29) is 10.7 Å². The number of hydrogen-bond donors (Lipinski definition) is 0. The molecule has 2 saturated heterocycles. The van der Waals surface area contributed by atoms with Crippen LogP contribution in [0.2, 0.25) is 5.02 Å². The third kappa shape index (κ3) is 3.44. The lowest BCUT2D eigenvalue weighted by atomic mass is 9.90. The second-order valence-electron chi connectivity index (χ2n) is 7.97. The van der Waals surface area contributed by atoms with Crippen LogP contribution in [0.1, 0.15) is 17.2 Å². The van der Waals surface area contributed by atoms with Gasteiger partial charge in [-0.25, -0.2) is 9.96 Å². The predicted octanol–water partition coefficient (Wildman–Crippen LogP) is 4.61. The quantitative estimate of drug-likeness (QED) is 0.319. The maximum absolute atomic E-state index is 13.6. The molecule has 0 aromatic heterocycles. The number of nitro benzene ring substituents is 1.